The molecular formula is C14H20N2O2. The van der Waals surface area contributed by atoms with E-state index < -0.39 is 5.97 Å². The first kappa shape index (κ1) is 13.0. The fourth-order valence-electron chi connectivity index (χ4n) is 2.52. The predicted molar refractivity (Wildman–Crippen MR) is 69.4 cm³/mol. The van der Waals surface area contributed by atoms with Crippen molar-refractivity contribution in [3.8, 4) is 0 Å². The molecular weight excluding hydrogens is 228 g/mol. The number of carboxylic acids is 1. The highest BCUT2D eigenvalue weighted by Gasteiger charge is 2.22. The quantitative estimate of drug-likeness (QED) is 0.834. The number of carboxylic acid groups (broad SMARTS) is 1. The predicted octanol–water partition coefficient (Wildman–Crippen LogP) is 1.81. The van der Waals surface area contributed by atoms with E-state index in [1.165, 1.54) is 5.56 Å². The fraction of sp³-hybridized carbons (Fsp3) is 0.571. The second-order valence-electron chi connectivity index (χ2n) is 4.99. The summed E-state index contributed by atoms with van der Waals surface area (Å²) in [4.78, 5) is 17.0. The topological polar surface area (TPSA) is 53.4 Å². The van der Waals surface area contributed by atoms with Gasteiger partial charge >= 0.3 is 5.97 Å². The van der Waals surface area contributed by atoms with Crippen LogP contribution in [0, 0.1) is 5.92 Å². The Morgan fingerprint density at radius 1 is 1.44 bits per heavy atom. The lowest BCUT2D eigenvalue weighted by Crippen LogP contribution is -2.23. The summed E-state index contributed by atoms with van der Waals surface area (Å²) >= 11 is 0. The third-order valence-electron chi connectivity index (χ3n) is 3.60. The van der Waals surface area contributed by atoms with Crippen LogP contribution < -0.4 is 0 Å². The van der Waals surface area contributed by atoms with Crippen LogP contribution in [-0.2, 0) is 11.2 Å². The molecule has 0 radical (unpaired) electrons. The van der Waals surface area contributed by atoms with Gasteiger partial charge in [-0.15, -0.1) is 0 Å². The maximum Gasteiger partial charge on any atom is 0.303 e. The standard InChI is InChI=1S/C14H20N2O2/c17-14(18)2-1-13-6-10-16(11-13)9-5-12-3-7-15-8-4-12/h3-4,7-8,13H,1-2,5-6,9-11H2,(H,17,18). The molecule has 0 aliphatic carbocycles. The van der Waals surface area contributed by atoms with Crippen molar-refractivity contribution in [2.24, 2.45) is 5.92 Å². The van der Waals surface area contributed by atoms with Crippen LogP contribution in [0.1, 0.15) is 24.8 Å². The Hall–Kier alpha value is -1.42. The molecule has 0 spiro atoms. The normalized spacial score (nSPS) is 20.1. The number of pyridine rings is 1. The molecule has 1 aliphatic heterocycles. The molecule has 0 saturated carbocycles. The molecule has 2 rings (SSSR count). The van der Waals surface area contributed by atoms with E-state index >= 15 is 0 Å². The first-order valence-corrected chi connectivity index (χ1v) is 6.57. The summed E-state index contributed by atoms with van der Waals surface area (Å²) in [7, 11) is 0. The van der Waals surface area contributed by atoms with E-state index in [0.29, 0.717) is 12.3 Å². The van der Waals surface area contributed by atoms with Crippen LogP contribution in [-0.4, -0.2) is 40.6 Å². The monoisotopic (exact) mass is 248 g/mol. The molecule has 1 fully saturated rings. The summed E-state index contributed by atoms with van der Waals surface area (Å²) in [6.07, 6.45) is 6.98. The molecule has 1 aromatic rings. The molecule has 1 aliphatic rings. The van der Waals surface area contributed by atoms with Crippen molar-refractivity contribution in [2.45, 2.75) is 25.7 Å². The number of likely N-dealkylation sites (tertiary alicyclic amines) is 1. The number of hydrogen-bond donors (Lipinski definition) is 1. The summed E-state index contributed by atoms with van der Waals surface area (Å²) < 4.78 is 0. The van der Waals surface area contributed by atoms with Gasteiger partial charge in [0.1, 0.15) is 0 Å². The molecule has 1 atom stereocenters. The minimum Gasteiger partial charge on any atom is -0.481 e. The lowest BCUT2D eigenvalue weighted by Gasteiger charge is -2.15. The van der Waals surface area contributed by atoms with Gasteiger partial charge in [0.05, 0.1) is 0 Å². The Bertz CT molecular complexity index is 381. The molecule has 1 saturated heterocycles. The molecule has 0 bridgehead atoms. The van der Waals surface area contributed by atoms with Gasteiger partial charge in [-0.1, -0.05) is 0 Å². The largest absolute Gasteiger partial charge is 0.481 e. The Balaban J connectivity index is 1.68. The van der Waals surface area contributed by atoms with Crippen molar-refractivity contribution in [3.05, 3.63) is 30.1 Å². The summed E-state index contributed by atoms with van der Waals surface area (Å²) in [5.41, 5.74) is 1.32. The molecule has 18 heavy (non-hydrogen) atoms. The number of hydrogen-bond acceptors (Lipinski definition) is 3. The van der Waals surface area contributed by atoms with E-state index in [2.05, 4.69) is 22.0 Å². The lowest BCUT2D eigenvalue weighted by atomic mass is 10.0. The Kier molecular flexibility index (Phi) is 4.70. The van der Waals surface area contributed by atoms with Crippen LogP contribution in [0.4, 0.5) is 0 Å². The highest BCUT2D eigenvalue weighted by molar-refractivity contribution is 5.66. The average Bonchev–Trinajstić information content (AvgIpc) is 2.83. The van der Waals surface area contributed by atoms with Gasteiger partial charge in [0.15, 0.2) is 0 Å². The van der Waals surface area contributed by atoms with Gasteiger partial charge in [-0.05, 0) is 49.4 Å². The van der Waals surface area contributed by atoms with E-state index in [1.54, 1.807) is 0 Å². The van der Waals surface area contributed by atoms with Crippen LogP contribution >= 0.6 is 0 Å². The van der Waals surface area contributed by atoms with E-state index in [0.717, 1.165) is 38.9 Å². The van der Waals surface area contributed by atoms with Crippen LogP contribution in [0.5, 0.6) is 0 Å². The summed E-state index contributed by atoms with van der Waals surface area (Å²) in [5, 5.41) is 8.67. The van der Waals surface area contributed by atoms with Gasteiger partial charge in [-0.25, -0.2) is 0 Å². The van der Waals surface area contributed by atoms with Gasteiger partial charge in [-0.2, -0.15) is 0 Å². The lowest BCUT2D eigenvalue weighted by molar-refractivity contribution is -0.137. The van der Waals surface area contributed by atoms with Gasteiger partial charge < -0.3 is 10.0 Å². The zero-order valence-corrected chi connectivity index (χ0v) is 10.6. The van der Waals surface area contributed by atoms with Crippen LogP contribution in [0.3, 0.4) is 0 Å². The van der Waals surface area contributed by atoms with E-state index in [9.17, 15) is 4.79 Å². The number of aromatic nitrogens is 1. The minimum absolute atomic E-state index is 0.308. The minimum atomic E-state index is -0.676. The molecule has 1 unspecified atom stereocenters. The third kappa shape index (κ3) is 4.11. The zero-order valence-electron chi connectivity index (χ0n) is 10.6. The number of nitrogens with zero attached hydrogens (tertiary/aromatic N) is 2. The Labute approximate surface area is 108 Å². The molecule has 1 N–H and O–H groups in total. The molecule has 4 nitrogen and oxygen atoms in total. The van der Waals surface area contributed by atoms with Crippen molar-refractivity contribution in [1.29, 1.82) is 0 Å². The van der Waals surface area contributed by atoms with Gasteiger partial charge in [-0.3, -0.25) is 9.78 Å². The molecule has 0 amide bonds. The zero-order chi connectivity index (χ0) is 12.8. The van der Waals surface area contributed by atoms with Crippen molar-refractivity contribution in [1.82, 2.24) is 9.88 Å². The number of aliphatic carboxylic acids is 1. The van der Waals surface area contributed by atoms with Crippen molar-refractivity contribution in [3.63, 3.8) is 0 Å². The maximum atomic E-state index is 10.5. The second kappa shape index (κ2) is 6.50. The highest BCUT2D eigenvalue weighted by atomic mass is 16.4. The SMILES string of the molecule is O=C(O)CCC1CCN(CCc2ccncc2)C1. The third-order valence-corrected chi connectivity index (χ3v) is 3.60. The van der Waals surface area contributed by atoms with Gasteiger partial charge in [0, 0.05) is 31.9 Å². The molecule has 0 aromatic carbocycles. The maximum absolute atomic E-state index is 10.5. The fourth-order valence-corrected chi connectivity index (χ4v) is 2.52. The number of rotatable bonds is 6. The smallest absolute Gasteiger partial charge is 0.303 e. The number of carbonyl (C=O) groups is 1. The second-order valence-corrected chi connectivity index (χ2v) is 4.99. The van der Waals surface area contributed by atoms with Crippen LogP contribution in [0.15, 0.2) is 24.5 Å². The van der Waals surface area contributed by atoms with Crippen LogP contribution in [0.2, 0.25) is 0 Å². The van der Waals surface area contributed by atoms with E-state index in [1.807, 2.05) is 12.4 Å². The average molecular weight is 248 g/mol. The van der Waals surface area contributed by atoms with Crippen LogP contribution in [0.25, 0.3) is 0 Å². The van der Waals surface area contributed by atoms with Crippen molar-refractivity contribution in [2.75, 3.05) is 19.6 Å². The van der Waals surface area contributed by atoms with Crippen molar-refractivity contribution < 1.29 is 9.90 Å². The Morgan fingerprint density at radius 2 is 2.22 bits per heavy atom. The first-order valence-electron chi connectivity index (χ1n) is 6.57. The van der Waals surface area contributed by atoms with Gasteiger partial charge in [0.2, 0.25) is 0 Å². The first-order chi connectivity index (χ1) is 8.74. The van der Waals surface area contributed by atoms with Crippen molar-refractivity contribution >= 4 is 5.97 Å². The summed E-state index contributed by atoms with van der Waals surface area (Å²) in [5.74, 6) is -0.108. The molecule has 1 aromatic heterocycles. The molecule has 2 heterocycles. The Morgan fingerprint density at radius 3 is 2.94 bits per heavy atom. The highest BCUT2D eigenvalue weighted by Crippen LogP contribution is 2.21. The van der Waals surface area contributed by atoms with E-state index in [-0.39, 0.29) is 0 Å². The summed E-state index contributed by atoms with van der Waals surface area (Å²) in [6.45, 7) is 3.22. The van der Waals surface area contributed by atoms with E-state index in [4.69, 9.17) is 5.11 Å². The summed E-state index contributed by atoms with van der Waals surface area (Å²) in [6, 6.07) is 4.11. The van der Waals surface area contributed by atoms with Gasteiger partial charge in [0.25, 0.3) is 0 Å². The molecule has 98 valence electrons. The molecule has 4 heteroatoms.